The van der Waals surface area contributed by atoms with Crippen molar-refractivity contribution in [1.29, 1.82) is 0 Å². The number of carbonyl (C=O) groups is 1. The van der Waals surface area contributed by atoms with Gasteiger partial charge in [-0.2, -0.15) is 5.10 Å². The standard InChI is InChI=1S/C23H29N3O4S/c1-16-12-19(15-23(2,3)14-16)24-25-22(27)17-6-5-7-21(13-17)31(28,29)26-18-8-10-20(30-4)11-9-18/h5-11,13,16,26H,12,14-15H2,1-4H3,(H,25,27)/b24-19+. The van der Waals surface area contributed by atoms with Crippen molar-refractivity contribution in [1.82, 2.24) is 5.43 Å². The summed E-state index contributed by atoms with van der Waals surface area (Å²) in [4.78, 5) is 12.6. The Kier molecular flexibility index (Phi) is 6.69. The Morgan fingerprint density at radius 1 is 1.16 bits per heavy atom. The maximum absolute atomic E-state index is 12.7. The van der Waals surface area contributed by atoms with Gasteiger partial charge in [0, 0.05) is 17.0 Å². The Morgan fingerprint density at radius 2 is 1.87 bits per heavy atom. The molecule has 1 saturated carbocycles. The largest absolute Gasteiger partial charge is 0.497 e. The Morgan fingerprint density at radius 3 is 2.52 bits per heavy atom. The van der Waals surface area contributed by atoms with Crippen molar-refractivity contribution in [2.45, 2.75) is 44.9 Å². The van der Waals surface area contributed by atoms with Crippen LogP contribution in [-0.4, -0.2) is 27.1 Å². The zero-order valence-electron chi connectivity index (χ0n) is 18.3. The van der Waals surface area contributed by atoms with E-state index >= 15 is 0 Å². The van der Waals surface area contributed by atoms with Crippen LogP contribution in [0.4, 0.5) is 5.69 Å². The lowest BCUT2D eigenvalue weighted by Gasteiger charge is -2.34. The van der Waals surface area contributed by atoms with E-state index < -0.39 is 15.9 Å². The van der Waals surface area contributed by atoms with Gasteiger partial charge in [-0.15, -0.1) is 0 Å². The second kappa shape index (κ2) is 9.09. The number of hydrogen-bond donors (Lipinski definition) is 2. The molecule has 0 saturated heterocycles. The van der Waals surface area contributed by atoms with E-state index in [1.165, 1.54) is 25.3 Å². The molecule has 166 valence electrons. The fourth-order valence-corrected chi connectivity index (χ4v) is 5.18. The van der Waals surface area contributed by atoms with Crippen LogP contribution in [0, 0.1) is 11.3 Å². The van der Waals surface area contributed by atoms with Crippen LogP contribution >= 0.6 is 0 Å². The van der Waals surface area contributed by atoms with E-state index in [1.807, 2.05) is 0 Å². The smallest absolute Gasteiger partial charge is 0.271 e. The summed E-state index contributed by atoms with van der Waals surface area (Å²) in [5.74, 6) is 0.695. The molecular weight excluding hydrogens is 414 g/mol. The van der Waals surface area contributed by atoms with Gasteiger partial charge in [-0.25, -0.2) is 13.8 Å². The van der Waals surface area contributed by atoms with Crippen molar-refractivity contribution >= 4 is 27.3 Å². The molecule has 0 radical (unpaired) electrons. The Bertz CT molecular complexity index is 1080. The van der Waals surface area contributed by atoms with Gasteiger partial charge in [0.1, 0.15) is 5.75 Å². The average molecular weight is 444 g/mol. The summed E-state index contributed by atoms with van der Waals surface area (Å²) < 4.78 is 33.1. The third kappa shape index (κ3) is 6.07. The lowest BCUT2D eigenvalue weighted by molar-refractivity contribution is 0.0953. The summed E-state index contributed by atoms with van der Waals surface area (Å²) in [5.41, 5.74) is 4.33. The van der Waals surface area contributed by atoms with Gasteiger partial charge in [-0.05, 0) is 73.1 Å². The van der Waals surface area contributed by atoms with E-state index in [9.17, 15) is 13.2 Å². The van der Waals surface area contributed by atoms with Gasteiger partial charge in [0.15, 0.2) is 0 Å². The number of hydrazone groups is 1. The van der Waals surface area contributed by atoms with Crippen molar-refractivity contribution in [2.75, 3.05) is 11.8 Å². The van der Waals surface area contributed by atoms with Crippen LogP contribution in [-0.2, 0) is 10.0 Å². The van der Waals surface area contributed by atoms with Gasteiger partial charge in [0.2, 0.25) is 0 Å². The number of hydrogen-bond acceptors (Lipinski definition) is 5. The van der Waals surface area contributed by atoms with Crippen molar-refractivity contribution in [3.05, 3.63) is 54.1 Å². The molecule has 1 unspecified atom stereocenters. The molecule has 1 aliphatic rings. The third-order valence-corrected chi connectivity index (χ3v) is 6.61. The molecule has 3 rings (SSSR count). The number of carbonyl (C=O) groups excluding carboxylic acids is 1. The summed E-state index contributed by atoms with van der Waals surface area (Å²) in [6.45, 7) is 6.58. The van der Waals surface area contributed by atoms with Crippen molar-refractivity contribution in [3.63, 3.8) is 0 Å². The number of ether oxygens (including phenoxy) is 1. The first-order valence-corrected chi connectivity index (χ1v) is 11.7. The van der Waals surface area contributed by atoms with Gasteiger partial charge < -0.3 is 4.74 Å². The molecule has 1 atom stereocenters. The van der Waals surface area contributed by atoms with Crippen molar-refractivity contribution in [2.24, 2.45) is 16.4 Å². The number of nitrogens with zero attached hydrogens (tertiary/aromatic N) is 1. The van der Waals surface area contributed by atoms with Crippen LogP contribution in [0.15, 0.2) is 58.5 Å². The van der Waals surface area contributed by atoms with Gasteiger partial charge in [0.05, 0.1) is 12.0 Å². The van der Waals surface area contributed by atoms with E-state index in [0.29, 0.717) is 17.4 Å². The minimum Gasteiger partial charge on any atom is -0.497 e. The lowest BCUT2D eigenvalue weighted by Crippen LogP contribution is -2.30. The Balaban J connectivity index is 1.72. The van der Waals surface area contributed by atoms with Gasteiger partial charge in [-0.3, -0.25) is 9.52 Å². The third-order valence-electron chi connectivity index (χ3n) is 5.23. The van der Waals surface area contributed by atoms with Crippen LogP contribution in [0.25, 0.3) is 0 Å². The predicted molar refractivity (Wildman–Crippen MR) is 122 cm³/mol. The van der Waals surface area contributed by atoms with Gasteiger partial charge >= 0.3 is 0 Å². The van der Waals surface area contributed by atoms with E-state index in [2.05, 4.69) is 36.0 Å². The molecule has 2 aromatic carbocycles. The number of nitrogens with one attached hydrogen (secondary N) is 2. The summed E-state index contributed by atoms with van der Waals surface area (Å²) in [6.07, 6.45) is 2.81. The fraction of sp³-hybridized carbons (Fsp3) is 0.391. The summed E-state index contributed by atoms with van der Waals surface area (Å²) >= 11 is 0. The normalized spacial score (nSPS) is 19.6. The molecule has 7 nitrogen and oxygen atoms in total. The van der Waals surface area contributed by atoms with Gasteiger partial charge in [0.25, 0.3) is 15.9 Å². The fourth-order valence-electron chi connectivity index (χ4n) is 4.07. The molecule has 2 aromatic rings. The predicted octanol–water partition coefficient (Wildman–Crippen LogP) is 4.43. The highest BCUT2D eigenvalue weighted by Crippen LogP contribution is 2.36. The van der Waals surface area contributed by atoms with Gasteiger partial charge in [-0.1, -0.05) is 26.8 Å². The number of rotatable bonds is 6. The number of anilines is 1. The highest BCUT2D eigenvalue weighted by Gasteiger charge is 2.29. The first kappa shape index (κ1) is 22.8. The van der Waals surface area contributed by atoms with Crippen molar-refractivity contribution < 1.29 is 17.9 Å². The van der Waals surface area contributed by atoms with E-state index in [-0.39, 0.29) is 15.9 Å². The minimum absolute atomic E-state index is 0.00366. The molecule has 1 fully saturated rings. The average Bonchev–Trinajstić information content (AvgIpc) is 2.71. The highest BCUT2D eigenvalue weighted by atomic mass is 32.2. The van der Waals surface area contributed by atoms with Crippen molar-refractivity contribution in [3.8, 4) is 5.75 Å². The van der Waals surface area contributed by atoms with Crippen LogP contribution in [0.2, 0.25) is 0 Å². The molecule has 0 aliphatic heterocycles. The molecule has 0 spiro atoms. The summed E-state index contributed by atoms with van der Waals surface area (Å²) in [7, 11) is -2.32. The molecule has 0 aromatic heterocycles. The maximum Gasteiger partial charge on any atom is 0.271 e. The molecule has 31 heavy (non-hydrogen) atoms. The quantitative estimate of drug-likeness (QED) is 0.646. The molecular formula is C23H29N3O4S. The topological polar surface area (TPSA) is 96.9 Å². The number of benzene rings is 2. The number of methoxy groups -OCH3 is 1. The molecule has 8 heteroatoms. The van der Waals surface area contributed by atoms with Crippen LogP contribution in [0.1, 0.15) is 50.4 Å². The minimum atomic E-state index is -3.85. The second-order valence-electron chi connectivity index (χ2n) is 8.84. The Hall–Kier alpha value is -2.87. The summed E-state index contributed by atoms with van der Waals surface area (Å²) in [6, 6.07) is 12.4. The first-order valence-electron chi connectivity index (χ1n) is 10.2. The molecule has 0 bridgehead atoms. The molecule has 1 amide bonds. The van der Waals surface area contributed by atoms with Crippen LogP contribution in [0.3, 0.4) is 0 Å². The van der Waals surface area contributed by atoms with E-state index in [0.717, 1.165) is 25.0 Å². The monoisotopic (exact) mass is 443 g/mol. The molecule has 2 N–H and O–H groups in total. The van der Waals surface area contributed by atoms with E-state index in [1.54, 1.807) is 30.3 Å². The number of sulfonamides is 1. The maximum atomic E-state index is 12.7. The zero-order valence-corrected chi connectivity index (χ0v) is 19.1. The first-order chi connectivity index (χ1) is 14.6. The lowest BCUT2D eigenvalue weighted by atomic mass is 9.72. The van der Waals surface area contributed by atoms with Crippen LogP contribution < -0.4 is 14.9 Å². The van der Waals surface area contributed by atoms with Crippen LogP contribution in [0.5, 0.6) is 5.75 Å². The molecule has 0 heterocycles. The summed E-state index contributed by atoms with van der Waals surface area (Å²) in [5, 5.41) is 4.32. The Labute approximate surface area is 183 Å². The molecule has 1 aliphatic carbocycles. The zero-order chi connectivity index (χ0) is 22.6. The SMILES string of the molecule is COc1ccc(NS(=O)(=O)c2cccc(C(=O)N/N=C3\CC(C)CC(C)(C)C3)c2)cc1. The number of amides is 1. The van der Waals surface area contributed by atoms with E-state index in [4.69, 9.17) is 4.74 Å². The second-order valence-corrected chi connectivity index (χ2v) is 10.5. The highest BCUT2D eigenvalue weighted by molar-refractivity contribution is 7.92.